The zero-order chi connectivity index (χ0) is 15.2. The lowest BCUT2D eigenvalue weighted by Gasteiger charge is -2.15. The molecule has 0 saturated heterocycles. The highest BCUT2D eigenvalue weighted by Crippen LogP contribution is 2.25. The minimum atomic E-state index is 0.190. The van der Waals surface area contributed by atoms with Gasteiger partial charge in [-0.15, -0.1) is 0 Å². The molecule has 0 aliphatic carbocycles. The molecule has 1 N–H and O–H groups in total. The highest BCUT2D eigenvalue weighted by atomic mass is 35.5. The Kier molecular flexibility index (Phi) is 5.92. The molecule has 2 rings (SSSR count). The van der Waals surface area contributed by atoms with Crippen LogP contribution in [0.15, 0.2) is 42.5 Å². The third-order valence-corrected chi connectivity index (χ3v) is 4.00. The van der Waals surface area contributed by atoms with Crippen LogP contribution in [0.25, 0.3) is 0 Å². The summed E-state index contributed by atoms with van der Waals surface area (Å²) in [6, 6.07) is 14.0. The fourth-order valence-electron chi connectivity index (χ4n) is 2.08. The molecule has 0 aromatic heterocycles. The zero-order valence-corrected chi connectivity index (χ0v) is 13.7. The number of hydrogen-bond acceptors (Lipinski definition) is 2. The standard InChI is InChI=1S/C17H19Cl2NO/c1-3-21-15-6-4-5-13(9-15)11-20-12(2)14-7-8-16(18)17(19)10-14/h4-10,12,20H,3,11H2,1-2H3. The Bertz CT molecular complexity index is 601. The van der Waals surface area contributed by atoms with Crippen molar-refractivity contribution in [2.75, 3.05) is 6.61 Å². The quantitative estimate of drug-likeness (QED) is 0.784. The van der Waals surface area contributed by atoms with E-state index in [4.69, 9.17) is 27.9 Å². The predicted octanol–water partition coefficient (Wildman–Crippen LogP) is 5.24. The number of halogens is 2. The van der Waals surface area contributed by atoms with Crippen LogP contribution in [0.3, 0.4) is 0 Å². The maximum atomic E-state index is 6.05. The maximum absolute atomic E-state index is 6.05. The van der Waals surface area contributed by atoms with Gasteiger partial charge in [0.1, 0.15) is 5.75 Å². The van der Waals surface area contributed by atoms with Crippen LogP contribution in [0.4, 0.5) is 0 Å². The highest BCUT2D eigenvalue weighted by Gasteiger charge is 2.07. The number of benzene rings is 2. The maximum Gasteiger partial charge on any atom is 0.119 e. The number of nitrogens with one attached hydrogen (secondary N) is 1. The summed E-state index contributed by atoms with van der Waals surface area (Å²) in [6.45, 7) is 5.53. The molecule has 1 atom stereocenters. The van der Waals surface area contributed by atoms with Gasteiger partial charge in [-0.2, -0.15) is 0 Å². The van der Waals surface area contributed by atoms with Crippen LogP contribution >= 0.6 is 23.2 Å². The van der Waals surface area contributed by atoms with Crippen LogP contribution in [0.1, 0.15) is 31.0 Å². The number of rotatable bonds is 6. The normalized spacial score (nSPS) is 12.2. The Balaban J connectivity index is 1.98. The van der Waals surface area contributed by atoms with Gasteiger partial charge in [-0.1, -0.05) is 41.4 Å². The molecule has 2 nitrogen and oxygen atoms in total. The van der Waals surface area contributed by atoms with E-state index >= 15 is 0 Å². The zero-order valence-electron chi connectivity index (χ0n) is 12.2. The van der Waals surface area contributed by atoms with Crippen molar-refractivity contribution in [3.05, 3.63) is 63.6 Å². The van der Waals surface area contributed by atoms with Crippen LogP contribution < -0.4 is 10.1 Å². The molecule has 0 heterocycles. The first-order valence-corrected chi connectivity index (χ1v) is 7.76. The summed E-state index contributed by atoms with van der Waals surface area (Å²) < 4.78 is 5.51. The molecule has 0 aliphatic rings. The van der Waals surface area contributed by atoms with Crippen LogP contribution in [-0.2, 0) is 6.54 Å². The summed E-state index contributed by atoms with van der Waals surface area (Å²) in [5.41, 5.74) is 2.30. The molecule has 0 spiro atoms. The molecule has 0 amide bonds. The number of ether oxygens (including phenoxy) is 1. The van der Waals surface area contributed by atoms with E-state index in [1.807, 2.05) is 37.3 Å². The van der Waals surface area contributed by atoms with Crippen molar-refractivity contribution in [1.29, 1.82) is 0 Å². The van der Waals surface area contributed by atoms with E-state index in [1.54, 1.807) is 0 Å². The summed E-state index contributed by atoms with van der Waals surface area (Å²) in [5.74, 6) is 0.902. The lowest BCUT2D eigenvalue weighted by Crippen LogP contribution is -2.18. The van der Waals surface area contributed by atoms with Gasteiger partial charge in [0.2, 0.25) is 0 Å². The number of hydrogen-bond donors (Lipinski definition) is 1. The molecule has 2 aromatic carbocycles. The van der Waals surface area contributed by atoms with Crippen molar-refractivity contribution in [3.8, 4) is 5.75 Å². The second-order valence-electron chi connectivity index (χ2n) is 4.86. The minimum Gasteiger partial charge on any atom is -0.494 e. The van der Waals surface area contributed by atoms with E-state index in [0.29, 0.717) is 16.7 Å². The van der Waals surface area contributed by atoms with E-state index in [9.17, 15) is 0 Å². The fourth-order valence-corrected chi connectivity index (χ4v) is 2.39. The fraction of sp³-hybridized carbons (Fsp3) is 0.294. The molecule has 0 saturated carbocycles. The Morgan fingerprint density at radius 2 is 1.90 bits per heavy atom. The topological polar surface area (TPSA) is 21.3 Å². The highest BCUT2D eigenvalue weighted by molar-refractivity contribution is 6.42. The van der Waals surface area contributed by atoms with Gasteiger partial charge in [0, 0.05) is 12.6 Å². The second-order valence-corrected chi connectivity index (χ2v) is 5.67. The molecular formula is C17H19Cl2NO. The summed E-state index contributed by atoms with van der Waals surface area (Å²) >= 11 is 12.0. The van der Waals surface area contributed by atoms with E-state index in [-0.39, 0.29) is 6.04 Å². The van der Waals surface area contributed by atoms with Gasteiger partial charge in [0.25, 0.3) is 0 Å². The van der Waals surface area contributed by atoms with Crippen molar-refractivity contribution in [2.24, 2.45) is 0 Å². The van der Waals surface area contributed by atoms with Crippen LogP contribution in [-0.4, -0.2) is 6.61 Å². The SMILES string of the molecule is CCOc1cccc(CNC(C)c2ccc(Cl)c(Cl)c2)c1. The molecule has 112 valence electrons. The van der Waals surface area contributed by atoms with Gasteiger partial charge in [0.05, 0.1) is 16.7 Å². The van der Waals surface area contributed by atoms with Gasteiger partial charge < -0.3 is 10.1 Å². The van der Waals surface area contributed by atoms with Crippen LogP contribution in [0, 0.1) is 0 Å². The van der Waals surface area contributed by atoms with E-state index in [1.165, 1.54) is 5.56 Å². The van der Waals surface area contributed by atoms with Crippen molar-refractivity contribution in [3.63, 3.8) is 0 Å². The first-order chi connectivity index (χ1) is 10.1. The first kappa shape index (κ1) is 16.2. The second kappa shape index (κ2) is 7.69. The van der Waals surface area contributed by atoms with E-state index < -0.39 is 0 Å². The largest absolute Gasteiger partial charge is 0.494 e. The smallest absolute Gasteiger partial charge is 0.119 e. The first-order valence-electron chi connectivity index (χ1n) is 7.00. The molecule has 0 aliphatic heterocycles. The summed E-state index contributed by atoms with van der Waals surface area (Å²) in [7, 11) is 0. The molecular weight excluding hydrogens is 305 g/mol. The van der Waals surface area contributed by atoms with Crippen molar-refractivity contribution in [2.45, 2.75) is 26.4 Å². The van der Waals surface area contributed by atoms with Gasteiger partial charge in [-0.3, -0.25) is 0 Å². The lowest BCUT2D eigenvalue weighted by molar-refractivity contribution is 0.339. The average Bonchev–Trinajstić information content (AvgIpc) is 2.48. The van der Waals surface area contributed by atoms with Gasteiger partial charge >= 0.3 is 0 Å². The minimum absolute atomic E-state index is 0.190. The van der Waals surface area contributed by atoms with E-state index in [2.05, 4.69) is 24.4 Å². The van der Waals surface area contributed by atoms with Gasteiger partial charge in [0.15, 0.2) is 0 Å². The average molecular weight is 324 g/mol. The van der Waals surface area contributed by atoms with Gasteiger partial charge in [-0.25, -0.2) is 0 Å². The lowest BCUT2D eigenvalue weighted by atomic mass is 10.1. The Morgan fingerprint density at radius 1 is 1.10 bits per heavy atom. The van der Waals surface area contributed by atoms with Crippen LogP contribution in [0.2, 0.25) is 10.0 Å². The third-order valence-electron chi connectivity index (χ3n) is 3.27. The molecule has 21 heavy (non-hydrogen) atoms. The molecule has 0 fully saturated rings. The molecule has 4 heteroatoms. The van der Waals surface area contributed by atoms with Crippen molar-refractivity contribution in [1.82, 2.24) is 5.32 Å². The third kappa shape index (κ3) is 4.63. The Labute approximate surface area is 136 Å². The van der Waals surface area contributed by atoms with Crippen LogP contribution in [0.5, 0.6) is 5.75 Å². The summed E-state index contributed by atoms with van der Waals surface area (Å²) in [6.07, 6.45) is 0. The van der Waals surface area contributed by atoms with Crippen molar-refractivity contribution >= 4 is 23.2 Å². The van der Waals surface area contributed by atoms with Crippen molar-refractivity contribution < 1.29 is 4.74 Å². The monoisotopic (exact) mass is 323 g/mol. The van der Waals surface area contributed by atoms with E-state index in [0.717, 1.165) is 17.9 Å². The summed E-state index contributed by atoms with van der Waals surface area (Å²) in [5, 5.41) is 4.64. The Morgan fingerprint density at radius 3 is 2.62 bits per heavy atom. The van der Waals surface area contributed by atoms with Gasteiger partial charge in [-0.05, 0) is 49.2 Å². The molecule has 0 bridgehead atoms. The molecule has 1 unspecified atom stereocenters. The summed E-state index contributed by atoms with van der Waals surface area (Å²) in [4.78, 5) is 0. The Hall–Kier alpha value is -1.22. The molecule has 0 radical (unpaired) electrons. The predicted molar refractivity (Wildman–Crippen MR) is 89.3 cm³/mol. The molecule has 2 aromatic rings.